The molecule has 2 rings (SSSR count). The average Bonchev–Trinajstić information content (AvgIpc) is 2.95. The zero-order chi connectivity index (χ0) is 14.4. The summed E-state index contributed by atoms with van der Waals surface area (Å²) in [7, 11) is 1.65. The van der Waals surface area contributed by atoms with Gasteiger partial charge in [-0.05, 0) is 32.7 Å². The minimum atomic E-state index is 0.577. The molecule has 1 aliphatic heterocycles. The number of nitrogens with one attached hydrogen (secondary N) is 1. The molecule has 1 saturated heterocycles. The second-order valence-corrected chi connectivity index (χ2v) is 5.41. The molecule has 0 radical (unpaired) electrons. The number of aromatic nitrogens is 2. The summed E-state index contributed by atoms with van der Waals surface area (Å²) in [5, 5.41) is 3.56. The van der Waals surface area contributed by atoms with Gasteiger partial charge >= 0.3 is 0 Å². The Morgan fingerprint density at radius 2 is 2.30 bits per heavy atom. The SMILES string of the molecule is CCCCN(CC1CCCN1)c1cc(OC)nc(C)n1. The Labute approximate surface area is 121 Å². The molecule has 1 atom stereocenters. The second kappa shape index (κ2) is 7.43. The third-order valence-electron chi connectivity index (χ3n) is 3.72. The first-order valence-corrected chi connectivity index (χ1v) is 7.61. The number of ether oxygens (including phenoxy) is 1. The van der Waals surface area contributed by atoms with Crippen molar-refractivity contribution in [3.8, 4) is 5.88 Å². The van der Waals surface area contributed by atoms with E-state index in [0.29, 0.717) is 11.9 Å². The molecule has 1 unspecified atom stereocenters. The van der Waals surface area contributed by atoms with Gasteiger partial charge < -0.3 is 15.0 Å². The highest BCUT2D eigenvalue weighted by Crippen LogP contribution is 2.19. The van der Waals surface area contributed by atoms with E-state index in [4.69, 9.17) is 4.74 Å². The van der Waals surface area contributed by atoms with Gasteiger partial charge in [0, 0.05) is 25.2 Å². The summed E-state index contributed by atoms with van der Waals surface area (Å²) in [5.74, 6) is 2.39. The standard InChI is InChI=1S/C15H26N4O/c1-4-5-9-19(11-13-7-6-8-16-13)14-10-15(20-3)18-12(2)17-14/h10,13,16H,4-9,11H2,1-3H3. The second-order valence-electron chi connectivity index (χ2n) is 5.41. The van der Waals surface area contributed by atoms with Crippen molar-refractivity contribution in [3.05, 3.63) is 11.9 Å². The van der Waals surface area contributed by atoms with E-state index >= 15 is 0 Å². The Bertz CT molecular complexity index is 418. The number of hydrogen-bond donors (Lipinski definition) is 1. The fourth-order valence-electron chi connectivity index (χ4n) is 2.62. The Balaban J connectivity index is 2.13. The Morgan fingerprint density at radius 3 is 2.95 bits per heavy atom. The van der Waals surface area contributed by atoms with Crippen molar-refractivity contribution in [2.24, 2.45) is 0 Å². The molecule has 5 heteroatoms. The van der Waals surface area contributed by atoms with Crippen molar-refractivity contribution in [1.82, 2.24) is 15.3 Å². The third kappa shape index (κ3) is 4.07. The van der Waals surface area contributed by atoms with Crippen molar-refractivity contribution in [2.75, 3.05) is 31.6 Å². The van der Waals surface area contributed by atoms with Crippen molar-refractivity contribution in [1.29, 1.82) is 0 Å². The molecular weight excluding hydrogens is 252 g/mol. The van der Waals surface area contributed by atoms with E-state index in [0.717, 1.165) is 31.3 Å². The molecule has 1 aliphatic rings. The van der Waals surface area contributed by atoms with Gasteiger partial charge in [0.15, 0.2) is 0 Å². The van der Waals surface area contributed by atoms with Crippen LogP contribution in [-0.2, 0) is 0 Å². The smallest absolute Gasteiger partial charge is 0.218 e. The Kier molecular flexibility index (Phi) is 5.59. The number of rotatable bonds is 7. The largest absolute Gasteiger partial charge is 0.481 e. The maximum Gasteiger partial charge on any atom is 0.218 e. The highest BCUT2D eigenvalue weighted by atomic mass is 16.5. The molecular formula is C15H26N4O. The van der Waals surface area contributed by atoms with Crippen molar-refractivity contribution in [2.45, 2.75) is 45.6 Å². The van der Waals surface area contributed by atoms with Gasteiger partial charge in [0.2, 0.25) is 5.88 Å². The highest BCUT2D eigenvalue weighted by molar-refractivity contribution is 5.42. The van der Waals surface area contributed by atoms with E-state index in [9.17, 15) is 0 Å². The van der Waals surface area contributed by atoms with Crippen LogP contribution in [0.15, 0.2) is 6.07 Å². The maximum atomic E-state index is 5.27. The average molecular weight is 278 g/mol. The molecule has 0 spiro atoms. The van der Waals surface area contributed by atoms with E-state index in [2.05, 4.69) is 27.1 Å². The lowest BCUT2D eigenvalue weighted by molar-refractivity contribution is 0.395. The lowest BCUT2D eigenvalue weighted by atomic mass is 10.2. The molecule has 1 aromatic heterocycles. The predicted molar refractivity (Wildman–Crippen MR) is 81.5 cm³/mol. The molecule has 1 fully saturated rings. The number of nitrogens with zero attached hydrogens (tertiary/aromatic N) is 3. The molecule has 5 nitrogen and oxygen atoms in total. The van der Waals surface area contributed by atoms with E-state index in [-0.39, 0.29) is 0 Å². The topological polar surface area (TPSA) is 50.3 Å². The minimum absolute atomic E-state index is 0.577. The monoisotopic (exact) mass is 278 g/mol. The Morgan fingerprint density at radius 1 is 1.45 bits per heavy atom. The van der Waals surface area contributed by atoms with Crippen molar-refractivity contribution >= 4 is 5.82 Å². The van der Waals surface area contributed by atoms with Crippen LogP contribution >= 0.6 is 0 Å². The molecule has 20 heavy (non-hydrogen) atoms. The summed E-state index contributed by atoms with van der Waals surface area (Å²) in [6, 6.07) is 2.52. The molecule has 1 aromatic rings. The van der Waals surface area contributed by atoms with Gasteiger partial charge in [-0.15, -0.1) is 0 Å². The van der Waals surface area contributed by atoms with Crippen LogP contribution in [0.25, 0.3) is 0 Å². The van der Waals surface area contributed by atoms with Crippen LogP contribution in [0, 0.1) is 6.92 Å². The quantitative estimate of drug-likeness (QED) is 0.828. The van der Waals surface area contributed by atoms with Crippen LogP contribution in [0.3, 0.4) is 0 Å². The van der Waals surface area contributed by atoms with Gasteiger partial charge in [-0.25, -0.2) is 4.98 Å². The molecule has 0 amide bonds. The summed E-state index contributed by atoms with van der Waals surface area (Å²) in [6.07, 6.45) is 4.90. The fourth-order valence-corrected chi connectivity index (χ4v) is 2.62. The van der Waals surface area contributed by atoms with Crippen molar-refractivity contribution in [3.63, 3.8) is 0 Å². The number of unbranched alkanes of at least 4 members (excludes halogenated alkanes) is 1. The van der Waals surface area contributed by atoms with Crippen LogP contribution in [0.2, 0.25) is 0 Å². The maximum absolute atomic E-state index is 5.27. The van der Waals surface area contributed by atoms with E-state index in [1.807, 2.05) is 13.0 Å². The first-order chi connectivity index (χ1) is 9.72. The molecule has 0 bridgehead atoms. The van der Waals surface area contributed by atoms with Crippen molar-refractivity contribution < 1.29 is 4.74 Å². The predicted octanol–water partition coefficient (Wildman–Crippen LogP) is 2.15. The van der Waals surface area contributed by atoms with Gasteiger partial charge in [0.25, 0.3) is 0 Å². The van der Waals surface area contributed by atoms with Gasteiger partial charge in [0.05, 0.1) is 7.11 Å². The number of methoxy groups -OCH3 is 1. The van der Waals surface area contributed by atoms with Gasteiger partial charge in [0.1, 0.15) is 11.6 Å². The van der Waals surface area contributed by atoms with Gasteiger partial charge in [-0.3, -0.25) is 0 Å². The molecule has 0 saturated carbocycles. The summed E-state index contributed by atoms with van der Waals surface area (Å²) in [4.78, 5) is 11.2. The van der Waals surface area contributed by atoms with Gasteiger partial charge in [-0.2, -0.15) is 4.98 Å². The molecule has 0 aliphatic carbocycles. The normalized spacial score (nSPS) is 18.2. The summed E-state index contributed by atoms with van der Waals surface area (Å²) >= 11 is 0. The summed E-state index contributed by atoms with van der Waals surface area (Å²) in [6.45, 7) is 7.32. The summed E-state index contributed by atoms with van der Waals surface area (Å²) in [5.41, 5.74) is 0. The Hall–Kier alpha value is -1.36. The minimum Gasteiger partial charge on any atom is -0.481 e. The van der Waals surface area contributed by atoms with E-state index in [1.165, 1.54) is 25.7 Å². The highest BCUT2D eigenvalue weighted by Gasteiger charge is 2.19. The zero-order valence-corrected chi connectivity index (χ0v) is 12.9. The molecule has 112 valence electrons. The number of aryl methyl sites for hydroxylation is 1. The molecule has 1 N–H and O–H groups in total. The van der Waals surface area contributed by atoms with Crippen LogP contribution in [0.1, 0.15) is 38.4 Å². The third-order valence-corrected chi connectivity index (χ3v) is 3.72. The first kappa shape index (κ1) is 15.0. The van der Waals surface area contributed by atoms with Crippen LogP contribution < -0.4 is 15.0 Å². The first-order valence-electron chi connectivity index (χ1n) is 7.61. The lowest BCUT2D eigenvalue weighted by Crippen LogP contribution is -2.38. The van der Waals surface area contributed by atoms with Crippen LogP contribution in [0.5, 0.6) is 5.88 Å². The van der Waals surface area contributed by atoms with Crippen LogP contribution in [0.4, 0.5) is 5.82 Å². The zero-order valence-electron chi connectivity index (χ0n) is 12.9. The van der Waals surface area contributed by atoms with Crippen LogP contribution in [-0.4, -0.2) is 42.8 Å². The summed E-state index contributed by atoms with van der Waals surface area (Å²) < 4.78 is 5.27. The molecule has 0 aromatic carbocycles. The lowest BCUT2D eigenvalue weighted by Gasteiger charge is -2.27. The number of hydrogen-bond acceptors (Lipinski definition) is 5. The van der Waals surface area contributed by atoms with E-state index in [1.54, 1.807) is 7.11 Å². The number of anilines is 1. The van der Waals surface area contributed by atoms with E-state index < -0.39 is 0 Å². The van der Waals surface area contributed by atoms with Gasteiger partial charge in [-0.1, -0.05) is 13.3 Å². The fraction of sp³-hybridized carbons (Fsp3) is 0.733. The molecule has 2 heterocycles.